The van der Waals surface area contributed by atoms with Gasteiger partial charge in [0.1, 0.15) is 11.3 Å². The molecule has 0 unspecified atom stereocenters. The molecule has 0 bridgehead atoms. The van der Waals surface area contributed by atoms with Crippen molar-refractivity contribution in [1.29, 1.82) is 0 Å². The first-order chi connectivity index (χ1) is 14.8. The molecule has 6 nitrogen and oxygen atoms in total. The van der Waals surface area contributed by atoms with E-state index in [9.17, 15) is 9.90 Å². The Morgan fingerprint density at radius 2 is 1.81 bits per heavy atom. The van der Waals surface area contributed by atoms with Crippen molar-refractivity contribution in [3.8, 4) is 17.2 Å². The number of phenols is 1. The molecule has 0 saturated heterocycles. The van der Waals surface area contributed by atoms with Gasteiger partial charge in [0.15, 0.2) is 10.7 Å². The maximum absolute atomic E-state index is 12.4. The second-order valence-electron chi connectivity index (χ2n) is 7.43. The molecule has 156 valence electrons. The maximum Gasteiger partial charge on any atom is 0.257 e. The standard InChI is InChI=1S/C24H21N3O3S/c1-13-4-9-19-21(10-13)30-23(26-19)18-8-7-17(12-20(18)28)25-24(31)27-22(29)16-6-5-14(2)15(3)11-16/h4-12,28H,1-3H3,(H2,25,27,29,31). The first-order valence-corrected chi connectivity index (χ1v) is 10.1. The van der Waals surface area contributed by atoms with Crippen molar-refractivity contribution in [3.05, 3.63) is 76.9 Å². The summed E-state index contributed by atoms with van der Waals surface area (Å²) in [6, 6.07) is 16.1. The Labute approximate surface area is 184 Å². The van der Waals surface area contributed by atoms with Crippen LogP contribution in [0.15, 0.2) is 59.0 Å². The molecule has 1 heterocycles. The van der Waals surface area contributed by atoms with Gasteiger partial charge in [-0.15, -0.1) is 0 Å². The molecule has 31 heavy (non-hydrogen) atoms. The highest BCUT2D eigenvalue weighted by atomic mass is 32.1. The second-order valence-corrected chi connectivity index (χ2v) is 7.84. The van der Waals surface area contributed by atoms with Gasteiger partial charge in [0.25, 0.3) is 5.91 Å². The molecule has 0 atom stereocenters. The van der Waals surface area contributed by atoms with E-state index in [-0.39, 0.29) is 16.8 Å². The van der Waals surface area contributed by atoms with Crippen LogP contribution in [0.25, 0.3) is 22.6 Å². The molecule has 0 radical (unpaired) electrons. The molecular formula is C24H21N3O3S. The van der Waals surface area contributed by atoms with Crippen molar-refractivity contribution >= 4 is 40.0 Å². The van der Waals surface area contributed by atoms with Crippen LogP contribution in [-0.4, -0.2) is 21.1 Å². The molecule has 3 aromatic carbocycles. The van der Waals surface area contributed by atoms with Crippen molar-refractivity contribution in [2.45, 2.75) is 20.8 Å². The zero-order chi connectivity index (χ0) is 22.1. The summed E-state index contributed by atoms with van der Waals surface area (Å²) in [5.74, 6) is 0.00930. The number of amides is 1. The van der Waals surface area contributed by atoms with E-state index in [1.165, 1.54) is 6.07 Å². The van der Waals surface area contributed by atoms with Crippen molar-refractivity contribution in [3.63, 3.8) is 0 Å². The number of fused-ring (bicyclic) bond motifs is 1. The summed E-state index contributed by atoms with van der Waals surface area (Å²) in [5.41, 5.74) is 6.10. The van der Waals surface area contributed by atoms with E-state index in [0.717, 1.165) is 22.2 Å². The Kier molecular flexibility index (Phi) is 5.44. The number of aromatic nitrogens is 1. The molecule has 0 aliphatic heterocycles. The number of aryl methyl sites for hydroxylation is 3. The van der Waals surface area contributed by atoms with E-state index < -0.39 is 0 Å². The Bertz CT molecular complexity index is 1330. The van der Waals surface area contributed by atoms with E-state index in [1.54, 1.807) is 18.2 Å². The first-order valence-electron chi connectivity index (χ1n) is 9.70. The number of nitrogens with zero attached hydrogens (tertiary/aromatic N) is 1. The van der Waals surface area contributed by atoms with Crippen molar-refractivity contribution in [2.24, 2.45) is 0 Å². The van der Waals surface area contributed by atoms with E-state index in [2.05, 4.69) is 15.6 Å². The fourth-order valence-corrected chi connectivity index (χ4v) is 3.37. The molecule has 7 heteroatoms. The Hall–Kier alpha value is -3.71. The molecule has 1 amide bonds. The quantitative estimate of drug-likeness (QED) is 0.384. The smallest absolute Gasteiger partial charge is 0.257 e. The highest BCUT2D eigenvalue weighted by molar-refractivity contribution is 7.80. The van der Waals surface area contributed by atoms with Crippen molar-refractivity contribution in [1.82, 2.24) is 10.3 Å². The lowest BCUT2D eigenvalue weighted by Crippen LogP contribution is -2.34. The average Bonchev–Trinajstić information content (AvgIpc) is 3.12. The number of hydrogen-bond acceptors (Lipinski definition) is 5. The minimum absolute atomic E-state index is 0.0171. The van der Waals surface area contributed by atoms with E-state index >= 15 is 0 Å². The van der Waals surface area contributed by atoms with Crippen LogP contribution in [0, 0.1) is 20.8 Å². The van der Waals surface area contributed by atoms with E-state index in [4.69, 9.17) is 16.6 Å². The summed E-state index contributed by atoms with van der Waals surface area (Å²) in [7, 11) is 0. The van der Waals surface area contributed by atoms with Crippen molar-refractivity contribution < 1.29 is 14.3 Å². The summed E-state index contributed by atoms with van der Waals surface area (Å²) >= 11 is 5.24. The van der Waals surface area contributed by atoms with Crippen LogP contribution < -0.4 is 10.6 Å². The van der Waals surface area contributed by atoms with Gasteiger partial charge in [-0.1, -0.05) is 12.1 Å². The molecule has 1 aromatic heterocycles. The topological polar surface area (TPSA) is 87.4 Å². The zero-order valence-electron chi connectivity index (χ0n) is 17.3. The number of anilines is 1. The van der Waals surface area contributed by atoms with Crippen LogP contribution in [0.2, 0.25) is 0 Å². The molecule has 4 rings (SSSR count). The highest BCUT2D eigenvalue weighted by Gasteiger charge is 2.14. The van der Waals surface area contributed by atoms with Crippen LogP contribution >= 0.6 is 12.2 Å². The molecule has 0 saturated carbocycles. The van der Waals surface area contributed by atoms with Crippen LogP contribution in [0.3, 0.4) is 0 Å². The lowest BCUT2D eigenvalue weighted by molar-refractivity contribution is 0.0977. The van der Waals surface area contributed by atoms with Gasteiger partial charge in [0, 0.05) is 17.3 Å². The molecule has 0 aliphatic carbocycles. The van der Waals surface area contributed by atoms with Gasteiger partial charge in [0.05, 0.1) is 5.56 Å². The predicted molar refractivity (Wildman–Crippen MR) is 125 cm³/mol. The summed E-state index contributed by atoms with van der Waals surface area (Å²) < 4.78 is 5.78. The van der Waals surface area contributed by atoms with Crippen LogP contribution in [0.1, 0.15) is 27.0 Å². The molecule has 0 aliphatic rings. The third-order valence-electron chi connectivity index (χ3n) is 5.03. The molecular weight excluding hydrogens is 410 g/mol. The number of thiocarbonyl (C=S) groups is 1. The summed E-state index contributed by atoms with van der Waals surface area (Å²) in [5, 5.41) is 16.2. The van der Waals surface area contributed by atoms with Gasteiger partial charge >= 0.3 is 0 Å². The van der Waals surface area contributed by atoms with Gasteiger partial charge in [0.2, 0.25) is 5.89 Å². The lowest BCUT2D eigenvalue weighted by Gasteiger charge is -2.11. The maximum atomic E-state index is 12.4. The SMILES string of the molecule is Cc1ccc2nc(-c3ccc(NC(=S)NC(=O)c4ccc(C)c(C)c4)cc3O)oc2c1. The first kappa shape index (κ1) is 20.6. The number of carbonyl (C=O) groups is 1. The zero-order valence-corrected chi connectivity index (χ0v) is 18.1. The third-order valence-corrected chi connectivity index (χ3v) is 5.23. The molecule has 4 aromatic rings. The van der Waals surface area contributed by atoms with Crippen LogP contribution in [-0.2, 0) is 0 Å². The second kappa shape index (κ2) is 8.20. The number of nitrogens with one attached hydrogen (secondary N) is 2. The monoisotopic (exact) mass is 431 g/mol. The fourth-order valence-electron chi connectivity index (χ4n) is 3.16. The minimum atomic E-state index is -0.303. The van der Waals surface area contributed by atoms with Gasteiger partial charge < -0.3 is 14.8 Å². The van der Waals surface area contributed by atoms with E-state index in [0.29, 0.717) is 28.3 Å². The third kappa shape index (κ3) is 4.41. The number of aromatic hydroxyl groups is 1. The number of phenolic OH excluding ortho intramolecular Hbond substituents is 1. The Morgan fingerprint density at radius 3 is 2.55 bits per heavy atom. The predicted octanol–water partition coefficient (Wildman–Crippen LogP) is 5.25. The summed E-state index contributed by atoms with van der Waals surface area (Å²) in [4.78, 5) is 16.8. The average molecular weight is 432 g/mol. The van der Waals surface area contributed by atoms with Gasteiger partial charge in [-0.25, -0.2) is 4.98 Å². The molecule has 0 spiro atoms. The molecule has 0 fully saturated rings. The lowest BCUT2D eigenvalue weighted by atomic mass is 10.1. The van der Waals surface area contributed by atoms with Crippen LogP contribution in [0.5, 0.6) is 5.75 Å². The number of oxazole rings is 1. The largest absolute Gasteiger partial charge is 0.507 e. The highest BCUT2D eigenvalue weighted by Crippen LogP contribution is 2.33. The number of benzene rings is 3. The van der Waals surface area contributed by atoms with Crippen LogP contribution in [0.4, 0.5) is 5.69 Å². The minimum Gasteiger partial charge on any atom is -0.507 e. The summed E-state index contributed by atoms with van der Waals surface area (Å²) in [6.45, 7) is 5.91. The van der Waals surface area contributed by atoms with Gasteiger partial charge in [-0.2, -0.15) is 0 Å². The Morgan fingerprint density at radius 1 is 1.00 bits per heavy atom. The number of rotatable bonds is 3. The number of carbonyl (C=O) groups excluding carboxylic acids is 1. The van der Waals surface area contributed by atoms with Gasteiger partial charge in [-0.05, 0) is 86.1 Å². The number of hydrogen-bond donors (Lipinski definition) is 3. The summed E-state index contributed by atoms with van der Waals surface area (Å²) in [6.07, 6.45) is 0. The normalized spacial score (nSPS) is 10.8. The van der Waals surface area contributed by atoms with E-state index in [1.807, 2.05) is 51.1 Å². The fraction of sp³-hybridized carbons (Fsp3) is 0.125. The molecule has 3 N–H and O–H groups in total. The van der Waals surface area contributed by atoms with Gasteiger partial charge in [-0.3, -0.25) is 10.1 Å². The Balaban J connectivity index is 1.47. The van der Waals surface area contributed by atoms with Crippen molar-refractivity contribution in [2.75, 3.05) is 5.32 Å².